The summed E-state index contributed by atoms with van der Waals surface area (Å²) < 4.78 is 1.83. The van der Waals surface area contributed by atoms with Gasteiger partial charge in [-0.25, -0.2) is 4.68 Å². The van der Waals surface area contributed by atoms with E-state index in [9.17, 15) is 0 Å². The topological polar surface area (TPSA) is 55.6 Å². The zero-order chi connectivity index (χ0) is 11.8. The summed E-state index contributed by atoms with van der Waals surface area (Å²) in [6, 6.07) is 0. The highest BCUT2D eigenvalue weighted by Gasteiger charge is 2.08. The fraction of sp³-hybridized carbons (Fsp3) is 0.700. The van der Waals surface area contributed by atoms with Crippen molar-refractivity contribution in [2.45, 2.75) is 37.2 Å². The zero-order valence-corrected chi connectivity index (χ0v) is 10.7. The molecule has 0 fully saturated rings. The number of rotatable bonds is 8. The van der Waals surface area contributed by atoms with Gasteiger partial charge in [-0.2, -0.15) is 0 Å². The number of tetrazole rings is 1. The van der Waals surface area contributed by atoms with Crippen LogP contribution in [0.3, 0.4) is 0 Å². The minimum absolute atomic E-state index is 0.327. The van der Waals surface area contributed by atoms with Gasteiger partial charge in [0.25, 0.3) is 0 Å². The molecule has 0 aliphatic carbocycles. The molecule has 0 aromatic carbocycles. The second-order valence-corrected chi connectivity index (χ2v) is 4.84. The van der Waals surface area contributed by atoms with E-state index in [2.05, 4.69) is 41.3 Å². The van der Waals surface area contributed by atoms with Crippen LogP contribution in [-0.2, 0) is 6.54 Å². The Balaban J connectivity index is 2.40. The van der Waals surface area contributed by atoms with E-state index >= 15 is 0 Å². The van der Waals surface area contributed by atoms with Crippen LogP contribution in [-0.4, -0.2) is 38.5 Å². The van der Waals surface area contributed by atoms with Crippen molar-refractivity contribution in [3.63, 3.8) is 0 Å². The molecule has 0 amide bonds. The van der Waals surface area contributed by atoms with Crippen molar-refractivity contribution in [3.05, 3.63) is 12.7 Å². The van der Waals surface area contributed by atoms with Gasteiger partial charge in [0.2, 0.25) is 5.16 Å². The van der Waals surface area contributed by atoms with Crippen LogP contribution in [0, 0.1) is 0 Å². The van der Waals surface area contributed by atoms with Crippen LogP contribution in [0.25, 0.3) is 0 Å². The van der Waals surface area contributed by atoms with Crippen molar-refractivity contribution >= 4 is 11.8 Å². The van der Waals surface area contributed by atoms with Crippen molar-refractivity contribution in [1.82, 2.24) is 25.5 Å². The first kappa shape index (κ1) is 13.2. The molecule has 0 aliphatic heterocycles. The molecule has 0 bridgehead atoms. The summed E-state index contributed by atoms with van der Waals surface area (Å²) in [6.45, 7) is 10.7. The van der Waals surface area contributed by atoms with Crippen molar-refractivity contribution < 1.29 is 0 Å². The van der Waals surface area contributed by atoms with Crippen LogP contribution in [0.1, 0.15) is 20.3 Å². The molecule has 0 aliphatic rings. The van der Waals surface area contributed by atoms with E-state index in [0.29, 0.717) is 5.25 Å². The number of thioether (sulfide) groups is 1. The van der Waals surface area contributed by atoms with E-state index in [1.165, 1.54) is 0 Å². The van der Waals surface area contributed by atoms with E-state index in [-0.39, 0.29) is 0 Å². The average molecular weight is 241 g/mol. The van der Waals surface area contributed by atoms with Crippen molar-refractivity contribution in [3.8, 4) is 0 Å². The zero-order valence-electron chi connectivity index (χ0n) is 9.89. The average Bonchev–Trinajstić information content (AvgIpc) is 2.72. The molecule has 16 heavy (non-hydrogen) atoms. The van der Waals surface area contributed by atoms with Gasteiger partial charge in [-0.3, -0.25) is 0 Å². The molecular formula is C10H19N5S. The highest BCUT2D eigenvalue weighted by molar-refractivity contribution is 7.99. The predicted octanol–water partition coefficient (Wildman–Crippen LogP) is 1.34. The van der Waals surface area contributed by atoms with Crippen LogP contribution in [0.15, 0.2) is 17.8 Å². The molecule has 5 nitrogen and oxygen atoms in total. The maximum atomic E-state index is 3.99. The summed E-state index contributed by atoms with van der Waals surface area (Å²) in [4.78, 5) is 0. The van der Waals surface area contributed by atoms with Crippen LogP contribution >= 0.6 is 11.8 Å². The van der Waals surface area contributed by atoms with E-state index in [1.54, 1.807) is 11.8 Å². The molecule has 1 rings (SSSR count). The van der Waals surface area contributed by atoms with Gasteiger partial charge in [-0.05, 0) is 30.3 Å². The van der Waals surface area contributed by atoms with Gasteiger partial charge in [0.05, 0.1) is 6.54 Å². The predicted molar refractivity (Wildman–Crippen MR) is 66.5 cm³/mol. The van der Waals surface area contributed by atoms with E-state index in [1.807, 2.05) is 10.8 Å². The lowest BCUT2D eigenvalue weighted by Gasteiger charge is -2.07. The third-order valence-corrected chi connectivity index (χ3v) is 3.12. The Morgan fingerprint density at radius 2 is 2.38 bits per heavy atom. The Bertz CT molecular complexity index is 312. The second kappa shape index (κ2) is 7.40. The highest BCUT2D eigenvalue weighted by atomic mass is 32.2. The first-order valence-corrected chi connectivity index (χ1v) is 6.42. The Morgan fingerprint density at radius 3 is 3.06 bits per heavy atom. The maximum Gasteiger partial charge on any atom is 0.209 e. The van der Waals surface area contributed by atoms with Gasteiger partial charge in [-0.1, -0.05) is 24.8 Å². The molecule has 1 atom stereocenters. The second-order valence-electron chi connectivity index (χ2n) is 3.49. The Kier molecular flexibility index (Phi) is 6.10. The summed E-state index contributed by atoms with van der Waals surface area (Å²) in [6.07, 6.45) is 3.03. The van der Waals surface area contributed by atoms with Crippen LogP contribution in [0.2, 0.25) is 0 Å². The monoisotopic (exact) mass is 241 g/mol. The quantitative estimate of drug-likeness (QED) is 0.423. The molecule has 1 unspecified atom stereocenters. The third kappa shape index (κ3) is 4.32. The Hall–Kier alpha value is -0.880. The van der Waals surface area contributed by atoms with Crippen LogP contribution in [0.5, 0.6) is 0 Å². The van der Waals surface area contributed by atoms with Crippen molar-refractivity contribution in [1.29, 1.82) is 0 Å². The SMILES string of the molecule is C=CC(C)Sc1nnnn1CCNCCC. The van der Waals surface area contributed by atoms with E-state index in [4.69, 9.17) is 0 Å². The van der Waals surface area contributed by atoms with Gasteiger partial charge in [0.1, 0.15) is 0 Å². The minimum Gasteiger partial charge on any atom is -0.315 e. The first-order valence-electron chi connectivity index (χ1n) is 5.54. The van der Waals surface area contributed by atoms with Gasteiger partial charge < -0.3 is 5.32 Å². The molecule has 1 aromatic rings. The molecule has 6 heteroatoms. The molecule has 90 valence electrons. The number of nitrogens with one attached hydrogen (secondary N) is 1. The van der Waals surface area contributed by atoms with Gasteiger partial charge in [0.15, 0.2) is 0 Å². The molecule has 0 saturated heterocycles. The van der Waals surface area contributed by atoms with E-state index < -0.39 is 0 Å². The molecule has 0 spiro atoms. The minimum atomic E-state index is 0.327. The standard InChI is InChI=1S/C10H19N5S/c1-4-6-11-7-8-15-10(12-13-14-15)16-9(3)5-2/h5,9,11H,2,4,6-8H2,1,3H3. The van der Waals surface area contributed by atoms with Gasteiger partial charge in [-0.15, -0.1) is 11.7 Å². The van der Waals surface area contributed by atoms with Gasteiger partial charge in [0, 0.05) is 11.8 Å². The molecular weight excluding hydrogens is 222 g/mol. The number of hydrogen-bond donors (Lipinski definition) is 1. The molecule has 1 aromatic heterocycles. The Labute approximate surface area is 101 Å². The molecule has 0 saturated carbocycles. The molecule has 1 N–H and O–H groups in total. The third-order valence-electron chi connectivity index (χ3n) is 2.05. The first-order chi connectivity index (χ1) is 7.77. The number of aromatic nitrogens is 4. The molecule has 0 radical (unpaired) electrons. The highest BCUT2D eigenvalue weighted by Crippen LogP contribution is 2.19. The molecule has 1 heterocycles. The lowest BCUT2D eigenvalue weighted by atomic mass is 10.5. The largest absolute Gasteiger partial charge is 0.315 e. The number of hydrogen-bond acceptors (Lipinski definition) is 5. The normalized spacial score (nSPS) is 12.6. The van der Waals surface area contributed by atoms with Crippen molar-refractivity contribution in [2.75, 3.05) is 13.1 Å². The van der Waals surface area contributed by atoms with Crippen LogP contribution < -0.4 is 5.32 Å². The summed E-state index contributed by atoms with van der Waals surface area (Å²) in [5.74, 6) is 0. The lowest BCUT2D eigenvalue weighted by Crippen LogP contribution is -2.21. The summed E-state index contributed by atoms with van der Waals surface area (Å²) in [5.41, 5.74) is 0. The maximum absolute atomic E-state index is 3.99. The fourth-order valence-corrected chi connectivity index (χ4v) is 1.88. The number of nitrogens with zero attached hydrogens (tertiary/aromatic N) is 4. The summed E-state index contributed by atoms with van der Waals surface area (Å²) in [7, 11) is 0. The van der Waals surface area contributed by atoms with E-state index in [0.717, 1.165) is 31.2 Å². The van der Waals surface area contributed by atoms with Crippen molar-refractivity contribution in [2.24, 2.45) is 0 Å². The summed E-state index contributed by atoms with van der Waals surface area (Å²) >= 11 is 1.62. The lowest BCUT2D eigenvalue weighted by molar-refractivity contribution is 0.510. The van der Waals surface area contributed by atoms with Crippen LogP contribution in [0.4, 0.5) is 0 Å². The summed E-state index contributed by atoms with van der Waals surface area (Å²) in [5, 5.41) is 16.1. The Morgan fingerprint density at radius 1 is 1.56 bits per heavy atom. The smallest absolute Gasteiger partial charge is 0.209 e. The fourth-order valence-electron chi connectivity index (χ4n) is 1.12. The van der Waals surface area contributed by atoms with Gasteiger partial charge >= 0.3 is 0 Å².